The molecule has 1 atom stereocenters. The van der Waals surface area contributed by atoms with Crippen molar-refractivity contribution in [1.29, 1.82) is 0 Å². The number of ether oxygens (including phenoxy) is 2. The summed E-state index contributed by atoms with van der Waals surface area (Å²) in [6.45, 7) is 3.37. The Kier molecular flexibility index (Phi) is 5.65. The van der Waals surface area contributed by atoms with E-state index in [9.17, 15) is 9.18 Å². The lowest BCUT2D eigenvalue weighted by molar-refractivity contribution is -0.0402. The highest BCUT2D eigenvalue weighted by atomic mass is 79.9. The molecule has 2 aromatic rings. The van der Waals surface area contributed by atoms with Gasteiger partial charge in [-0.1, -0.05) is 6.07 Å². The van der Waals surface area contributed by atoms with Crippen molar-refractivity contribution in [3.05, 3.63) is 58.1 Å². The summed E-state index contributed by atoms with van der Waals surface area (Å²) in [4.78, 5) is 18.3. The lowest BCUT2D eigenvalue weighted by Gasteiger charge is -2.33. The van der Waals surface area contributed by atoms with E-state index in [2.05, 4.69) is 20.9 Å². The summed E-state index contributed by atoms with van der Waals surface area (Å²) in [6.07, 6.45) is 1.38. The van der Waals surface area contributed by atoms with Gasteiger partial charge in [-0.05, 0) is 47.1 Å². The number of benzene rings is 1. The Morgan fingerprint density at radius 2 is 2.28 bits per heavy atom. The third-order valence-electron chi connectivity index (χ3n) is 3.93. The topological polar surface area (TPSA) is 51.7 Å². The standard InChI is InChI=1S/C18H18BrFN2O3/c1-12-5-6-13(9-21-12)25-11-14-10-22(7-8-24-14)18(23)15-3-2-4-16(19)17(15)20/h2-6,9,14H,7-8,10-11H2,1H3. The van der Waals surface area contributed by atoms with E-state index in [1.807, 2.05) is 19.1 Å². The molecular formula is C18H18BrFN2O3. The van der Waals surface area contributed by atoms with Crippen molar-refractivity contribution in [2.45, 2.75) is 13.0 Å². The highest BCUT2D eigenvalue weighted by Crippen LogP contribution is 2.21. The van der Waals surface area contributed by atoms with Gasteiger partial charge in [-0.2, -0.15) is 0 Å². The Hall–Kier alpha value is -1.99. The highest BCUT2D eigenvalue weighted by molar-refractivity contribution is 9.10. The van der Waals surface area contributed by atoms with Crippen LogP contribution in [0.1, 0.15) is 16.1 Å². The summed E-state index contributed by atoms with van der Waals surface area (Å²) in [5.74, 6) is -0.239. The molecule has 1 aliphatic heterocycles. The van der Waals surface area contributed by atoms with Crippen molar-refractivity contribution >= 4 is 21.8 Å². The Morgan fingerprint density at radius 1 is 1.44 bits per heavy atom. The molecule has 3 rings (SSSR count). The normalized spacial score (nSPS) is 17.4. The van der Waals surface area contributed by atoms with E-state index in [0.29, 0.717) is 32.1 Å². The maximum atomic E-state index is 14.1. The zero-order valence-electron chi connectivity index (χ0n) is 13.7. The van der Waals surface area contributed by atoms with Gasteiger partial charge < -0.3 is 14.4 Å². The Labute approximate surface area is 153 Å². The number of aryl methyl sites for hydroxylation is 1. The number of carbonyl (C=O) groups excluding carboxylic acids is 1. The maximum absolute atomic E-state index is 14.1. The Morgan fingerprint density at radius 3 is 3.04 bits per heavy atom. The number of rotatable bonds is 4. The molecule has 2 heterocycles. The largest absolute Gasteiger partial charge is 0.489 e. The van der Waals surface area contributed by atoms with Gasteiger partial charge in [0.05, 0.1) is 29.4 Å². The van der Waals surface area contributed by atoms with Gasteiger partial charge in [0, 0.05) is 12.2 Å². The van der Waals surface area contributed by atoms with Crippen LogP contribution in [0.2, 0.25) is 0 Å². The van der Waals surface area contributed by atoms with E-state index in [0.717, 1.165) is 5.69 Å². The average Bonchev–Trinajstić information content (AvgIpc) is 2.63. The number of halogens is 2. The van der Waals surface area contributed by atoms with Crippen LogP contribution in [-0.4, -0.2) is 48.2 Å². The fraction of sp³-hybridized carbons (Fsp3) is 0.333. The van der Waals surface area contributed by atoms with Gasteiger partial charge in [0.15, 0.2) is 0 Å². The highest BCUT2D eigenvalue weighted by Gasteiger charge is 2.27. The van der Waals surface area contributed by atoms with Crippen LogP contribution >= 0.6 is 15.9 Å². The first-order valence-electron chi connectivity index (χ1n) is 7.95. The smallest absolute Gasteiger partial charge is 0.257 e. The predicted molar refractivity (Wildman–Crippen MR) is 94.2 cm³/mol. The molecule has 1 aromatic heterocycles. The van der Waals surface area contributed by atoms with Crippen LogP contribution in [-0.2, 0) is 4.74 Å². The zero-order valence-corrected chi connectivity index (χ0v) is 15.3. The molecule has 1 saturated heterocycles. The molecule has 1 aliphatic rings. The number of pyridine rings is 1. The van der Waals surface area contributed by atoms with Crippen LogP contribution in [0.4, 0.5) is 4.39 Å². The molecule has 25 heavy (non-hydrogen) atoms. The van der Waals surface area contributed by atoms with Crippen LogP contribution in [0.15, 0.2) is 41.0 Å². The van der Waals surface area contributed by atoms with Gasteiger partial charge in [0.1, 0.15) is 24.3 Å². The average molecular weight is 409 g/mol. The first-order chi connectivity index (χ1) is 12.0. The second-order valence-corrected chi connectivity index (χ2v) is 6.65. The Balaban J connectivity index is 1.61. The molecule has 1 unspecified atom stereocenters. The summed E-state index contributed by atoms with van der Waals surface area (Å²) in [5, 5.41) is 0. The first-order valence-corrected chi connectivity index (χ1v) is 8.74. The van der Waals surface area contributed by atoms with Crippen LogP contribution in [0.3, 0.4) is 0 Å². The van der Waals surface area contributed by atoms with E-state index >= 15 is 0 Å². The second-order valence-electron chi connectivity index (χ2n) is 5.79. The number of carbonyl (C=O) groups is 1. The van der Waals surface area contributed by atoms with E-state index in [1.165, 1.54) is 6.07 Å². The number of hydrogen-bond donors (Lipinski definition) is 0. The van der Waals surface area contributed by atoms with E-state index in [1.54, 1.807) is 23.2 Å². The molecule has 0 bridgehead atoms. The summed E-state index contributed by atoms with van der Waals surface area (Å²) in [6, 6.07) is 8.40. The van der Waals surface area contributed by atoms with Crippen molar-refractivity contribution < 1.29 is 18.7 Å². The number of nitrogens with zero attached hydrogens (tertiary/aromatic N) is 2. The third-order valence-corrected chi connectivity index (χ3v) is 4.54. The van der Waals surface area contributed by atoms with Crippen molar-refractivity contribution in [3.63, 3.8) is 0 Å². The van der Waals surface area contributed by atoms with Gasteiger partial charge >= 0.3 is 0 Å². The number of aromatic nitrogens is 1. The number of hydrogen-bond acceptors (Lipinski definition) is 4. The lowest BCUT2D eigenvalue weighted by atomic mass is 10.1. The molecule has 0 spiro atoms. The minimum atomic E-state index is -0.544. The molecule has 0 radical (unpaired) electrons. The van der Waals surface area contributed by atoms with E-state index < -0.39 is 5.82 Å². The summed E-state index contributed by atoms with van der Waals surface area (Å²) < 4.78 is 25.7. The van der Waals surface area contributed by atoms with Crippen molar-refractivity contribution in [2.24, 2.45) is 0 Å². The minimum Gasteiger partial charge on any atom is -0.489 e. The molecule has 7 heteroatoms. The molecule has 5 nitrogen and oxygen atoms in total. The first kappa shape index (κ1) is 17.8. The molecule has 1 amide bonds. The molecule has 1 fully saturated rings. The number of morpholine rings is 1. The van der Waals surface area contributed by atoms with Crippen molar-refractivity contribution in [2.75, 3.05) is 26.3 Å². The quantitative estimate of drug-likeness (QED) is 0.779. The molecule has 132 valence electrons. The van der Waals surface area contributed by atoms with Crippen molar-refractivity contribution in [1.82, 2.24) is 9.88 Å². The van der Waals surface area contributed by atoms with E-state index in [4.69, 9.17) is 9.47 Å². The molecule has 0 saturated carbocycles. The maximum Gasteiger partial charge on any atom is 0.257 e. The van der Waals surface area contributed by atoms with E-state index in [-0.39, 0.29) is 22.0 Å². The van der Waals surface area contributed by atoms with Gasteiger partial charge in [-0.25, -0.2) is 4.39 Å². The fourth-order valence-corrected chi connectivity index (χ4v) is 2.94. The zero-order chi connectivity index (χ0) is 17.8. The van der Waals surface area contributed by atoms with Gasteiger partial charge in [-0.3, -0.25) is 9.78 Å². The molecule has 1 aromatic carbocycles. The van der Waals surface area contributed by atoms with Crippen molar-refractivity contribution in [3.8, 4) is 5.75 Å². The summed E-state index contributed by atoms with van der Waals surface area (Å²) in [7, 11) is 0. The van der Waals surface area contributed by atoms with Crippen LogP contribution < -0.4 is 4.74 Å². The Bertz CT molecular complexity index is 754. The van der Waals surface area contributed by atoms with Crippen LogP contribution in [0.25, 0.3) is 0 Å². The molecule has 0 N–H and O–H groups in total. The van der Waals surface area contributed by atoms with Gasteiger partial charge in [0.25, 0.3) is 5.91 Å². The molecule has 0 aliphatic carbocycles. The summed E-state index contributed by atoms with van der Waals surface area (Å²) in [5.41, 5.74) is 0.966. The SMILES string of the molecule is Cc1ccc(OCC2CN(C(=O)c3cccc(Br)c3F)CCO2)cn1. The number of amides is 1. The lowest BCUT2D eigenvalue weighted by Crippen LogP contribution is -2.47. The predicted octanol–water partition coefficient (Wildman–Crippen LogP) is 3.21. The van der Waals surface area contributed by atoms with Gasteiger partial charge in [0.2, 0.25) is 0 Å². The third kappa shape index (κ3) is 4.35. The van der Waals surface area contributed by atoms with Crippen LogP contribution in [0, 0.1) is 12.7 Å². The minimum absolute atomic E-state index is 0.0543. The summed E-state index contributed by atoms with van der Waals surface area (Å²) >= 11 is 3.11. The monoisotopic (exact) mass is 408 g/mol. The molecular weight excluding hydrogens is 391 g/mol. The van der Waals surface area contributed by atoms with Gasteiger partial charge in [-0.15, -0.1) is 0 Å². The van der Waals surface area contributed by atoms with Crippen LogP contribution in [0.5, 0.6) is 5.75 Å². The second kappa shape index (κ2) is 7.93. The fourth-order valence-electron chi connectivity index (χ4n) is 2.57.